The number of fused-ring (bicyclic) bond motifs is 1. The zero-order chi connectivity index (χ0) is 15.4. The van der Waals surface area contributed by atoms with Crippen molar-refractivity contribution in [3.05, 3.63) is 47.5 Å². The summed E-state index contributed by atoms with van der Waals surface area (Å²) in [5, 5.41) is 6.64. The van der Waals surface area contributed by atoms with Crippen molar-refractivity contribution >= 4 is 61.7 Å². The first-order chi connectivity index (χ1) is 10.8. The summed E-state index contributed by atoms with van der Waals surface area (Å²) in [6, 6.07) is 11.9. The van der Waals surface area contributed by atoms with Gasteiger partial charge in [0.1, 0.15) is 5.69 Å². The first-order valence-electron chi connectivity index (χ1n) is 6.70. The number of nitrogens with one attached hydrogen (secondary N) is 3. The normalized spacial score (nSPS) is 10.8. The lowest BCUT2D eigenvalue weighted by Crippen LogP contribution is -2.25. The van der Waals surface area contributed by atoms with Gasteiger partial charge in [-0.25, -0.2) is 0 Å². The van der Waals surface area contributed by atoms with Gasteiger partial charge in [0.05, 0.1) is 15.4 Å². The number of aromatic nitrogens is 1. The second kappa shape index (κ2) is 7.21. The molecule has 0 aliphatic rings. The average molecular weight is 396 g/mol. The number of hydrogen-bond acceptors (Lipinski definition) is 4. The Bertz CT molecular complexity index is 770. The zero-order valence-electron chi connectivity index (χ0n) is 11.6. The van der Waals surface area contributed by atoms with Crippen LogP contribution < -0.4 is 10.0 Å². The minimum absolute atomic E-state index is 0.0903. The fourth-order valence-electron chi connectivity index (χ4n) is 2.05. The molecular weight excluding hydrogens is 382 g/mol. The Balaban J connectivity index is 1.81. The number of thiophene rings is 1. The van der Waals surface area contributed by atoms with Crippen molar-refractivity contribution in [1.82, 2.24) is 10.3 Å². The number of alkyl halides is 1. The van der Waals surface area contributed by atoms with Crippen molar-refractivity contribution in [2.24, 2.45) is 0 Å². The van der Waals surface area contributed by atoms with Crippen molar-refractivity contribution in [2.45, 2.75) is 4.21 Å². The number of benzene rings is 1. The van der Waals surface area contributed by atoms with Crippen LogP contribution in [0.25, 0.3) is 10.9 Å². The molecular formula is C15H14BrN3OS2. The van der Waals surface area contributed by atoms with Gasteiger partial charge in [0.2, 0.25) is 0 Å². The number of aromatic amines is 1. The van der Waals surface area contributed by atoms with Gasteiger partial charge in [-0.15, -0.1) is 11.3 Å². The number of amides is 1. The average Bonchev–Trinajstić information content (AvgIpc) is 3.19. The third-order valence-electron chi connectivity index (χ3n) is 3.04. The SMILES string of the molecule is O=C(NCCBr)c1cc2cccc(NSc3cccs3)c2[nH]1. The predicted molar refractivity (Wildman–Crippen MR) is 98.2 cm³/mol. The lowest BCUT2D eigenvalue weighted by molar-refractivity contribution is 0.0952. The van der Waals surface area contributed by atoms with E-state index in [-0.39, 0.29) is 5.91 Å². The first-order valence-corrected chi connectivity index (χ1v) is 9.52. The topological polar surface area (TPSA) is 56.9 Å². The molecule has 22 heavy (non-hydrogen) atoms. The number of H-pyrrole nitrogens is 1. The van der Waals surface area contributed by atoms with Gasteiger partial charge in [-0.3, -0.25) is 4.79 Å². The van der Waals surface area contributed by atoms with Crippen molar-refractivity contribution in [2.75, 3.05) is 16.6 Å². The van der Waals surface area contributed by atoms with Gasteiger partial charge < -0.3 is 15.0 Å². The summed E-state index contributed by atoms with van der Waals surface area (Å²) in [5.41, 5.74) is 2.48. The van der Waals surface area contributed by atoms with E-state index in [1.807, 2.05) is 35.7 Å². The number of carbonyl (C=O) groups is 1. The molecule has 1 aromatic carbocycles. The zero-order valence-corrected chi connectivity index (χ0v) is 14.8. The van der Waals surface area contributed by atoms with Crippen LogP contribution in [0, 0.1) is 0 Å². The molecule has 0 aliphatic heterocycles. The summed E-state index contributed by atoms with van der Waals surface area (Å²) in [5.74, 6) is -0.0903. The molecule has 0 bridgehead atoms. The highest BCUT2D eigenvalue weighted by atomic mass is 79.9. The van der Waals surface area contributed by atoms with Crippen LogP contribution in [0.1, 0.15) is 10.5 Å². The summed E-state index contributed by atoms with van der Waals surface area (Å²) in [6.45, 7) is 0.605. The minimum atomic E-state index is -0.0903. The maximum Gasteiger partial charge on any atom is 0.267 e. The molecule has 0 unspecified atom stereocenters. The molecule has 4 nitrogen and oxygen atoms in total. The highest BCUT2D eigenvalue weighted by Crippen LogP contribution is 2.30. The van der Waals surface area contributed by atoms with E-state index in [4.69, 9.17) is 0 Å². The molecule has 3 N–H and O–H groups in total. The van der Waals surface area contributed by atoms with Crippen LogP contribution in [-0.2, 0) is 0 Å². The van der Waals surface area contributed by atoms with Crippen LogP contribution in [0.5, 0.6) is 0 Å². The van der Waals surface area contributed by atoms with E-state index in [2.05, 4.69) is 37.0 Å². The molecule has 7 heteroatoms. The summed E-state index contributed by atoms with van der Waals surface area (Å²) < 4.78 is 4.54. The smallest absolute Gasteiger partial charge is 0.267 e. The number of halogens is 1. The quantitative estimate of drug-likeness (QED) is 0.426. The summed E-state index contributed by atoms with van der Waals surface area (Å²) in [6.07, 6.45) is 0. The Morgan fingerprint density at radius 3 is 3.00 bits per heavy atom. The van der Waals surface area contributed by atoms with E-state index in [1.165, 1.54) is 4.21 Å². The summed E-state index contributed by atoms with van der Waals surface area (Å²) >= 11 is 6.56. The van der Waals surface area contributed by atoms with Crippen molar-refractivity contribution in [1.29, 1.82) is 0 Å². The molecule has 0 aliphatic carbocycles. The van der Waals surface area contributed by atoms with E-state index in [9.17, 15) is 4.79 Å². The Kier molecular flexibility index (Phi) is 5.07. The van der Waals surface area contributed by atoms with Crippen LogP contribution in [0.2, 0.25) is 0 Å². The molecule has 0 spiro atoms. The van der Waals surface area contributed by atoms with E-state index in [0.717, 1.165) is 21.9 Å². The maximum atomic E-state index is 12.0. The van der Waals surface area contributed by atoms with E-state index < -0.39 is 0 Å². The Labute approximate surface area is 145 Å². The molecule has 114 valence electrons. The van der Waals surface area contributed by atoms with Crippen LogP contribution in [0.4, 0.5) is 5.69 Å². The van der Waals surface area contributed by atoms with Crippen molar-refractivity contribution in [3.8, 4) is 0 Å². The first kappa shape index (κ1) is 15.5. The second-order valence-electron chi connectivity index (χ2n) is 4.53. The fraction of sp³-hybridized carbons (Fsp3) is 0.133. The molecule has 2 aromatic heterocycles. The van der Waals surface area contributed by atoms with Gasteiger partial charge in [-0.05, 0) is 35.5 Å². The van der Waals surface area contributed by atoms with Gasteiger partial charge in [0.15, 0.2) is 0 Å². The third kappa shape index (κ3) is 3.48. The minimum Gasteiger partial charge on any atom is -0.350 e. The van der Waals surface area contributed by atoms with Crippen LogP contribution in [0.15, 0.2) is 46.0 Å². The number of anilines is 1. The Hall–Kier alpha value is -1.44. The highest BCUT2D eigenvalue weighted by molar-refractivity contribution is 9.09. The monoisotopic (exact) mass is 395 g/mol. The van der Waals surface area contributed by atoms with Crippen molar-refractivity contribution in [3.63, 3.8) is 0 Å². The molecule has 1 amide bonds. The van der Waals surface area contributed by atoms with E-state index in [1.54, 1.807) is 23.3 Å². The van der Waals surface area contributed by atoms with Crippen LogP contribution >= 0.6 is 39.2 Å². The van der Waals surface area contributed by atoms with Crippen LogP contribution in [0.3, 0.4) is 0 Å². The molecule has 3 aromatic rings. The maximum absolute atomic E-state index is 12.0. The molecule has 2 heterocycles. The lowest BCUT2D eigenvalue weighted by Gasteiger charge is -2.05. The number of rotatable bonds is 6. The van der Waals surface area contributed by atoms with E-state index >= 15 is 0 Å². The standard InChI is InChI=1S/C15H14BrN3OS2/c16-6-7-17-15(20)12-9-10-3-1-4-11(14(10)18-12)19-22-13-5-2-8-21-13/h1-5,8-9,18-19H,6-7H2,(H,17,20). The number of para-hydroxylation sites is 1. The van der Waals surface area contributed by atoms with Crippen molar-refractivity contribution < 1.29 is 4.79 Å². The third-order valence-corrected chi connectivity index (χ3v) is 5.29. The molecule has 3 rings (SSSR count). The van der Waals surface area contributed by atoms with Gasteiger partial charge in [0, 0.05) is 17.3 Å². The molecule has 0 atom stereocenters. The van der Waals surface area contributed by atoms with Crippen LogP contribution in [-0.4, -0.2) is 22.8 Å². The molecule has 0 fully saturated rings. The van der Waals surface area contributed by atoms with Gasteiger partial charge in [-0.1, -0.05) is 34.1 Å². The molecule has 0 saturated heterocycles. The Morgan fingerprint density at radius 2 is 2.23 bits per heavy atom. The summed E-state index contributed by atoms with van der Waals surface area (Å²) in [7, 11) is 0. The van der Waals surface area contributed by atoms with E-state index in [0.29, 0.717) is 12.2 Å². The van der Waals surface area contributed by atoms with Gasteiger partial charge >= 0.3 is 0 Å². The molecule has 0 saturated carbocycles. The second-order valence-corrected chi connectivity index (χ2v) is 7.38. The number of hydrogen-bond donors (Lipinski definition) is 3. The highest BCUT2D eigenvalue weighted by Gasteiger charge is 2.11. The van der Waals surface area contributed by atoms with Gasteiger partial charge in [0.25, 0.3) is 5.91 Å². The number of carbonyl (C=O) groups excluding carboxylic acids is 1. The Morgan fingerprint density at radius 1 is 1.32 bits per heavy atom. The van der Waals surface area contributed by atoms with Gasteiger partial charge in [-0.2, -0.15) is 0 Å². The largest absolute Gasteiger partial charge is 0.350 e. The fourth-order valence-corrected chi connectivity index (χ4v) is 3.70. The lowest BCUT2D eigenvalue weighted by atomic mass is 10.2. The summed E-state index contributed by atoms with van der Waals surface area (Å²) in [4.78, 5) is 15.2. The molecule has 0 radical (unpaired) electrons. The predicted octanol–water partition coefficient (Wildman–Crippen LogP) is 4.47.